The topological polar surface area (TPSA) is 86.9 Å². The average molecular weight is 378 g/mol. The monoisotopic (exact) mass is 378 g/mol. The molecule has 146 valence electrons. The molecule has 3 rings (SSSR count). The molecule has 2 aromatic carbocycles. The highest BCUT2D eigenvalue weighted by Gasteiger charge is 2.20. The summed E-state index contributed by atoms with van der Waals surface area (Å²) in [5.74, 6) is 0.771. The number of hydrogen-bond acceptors (Lipinski definition) is 4. The second kappa shape index (κ2) is 9.17. The van der Waals surface area contributed by atoms with Gasteiger partial charge in [0.05, 0.1) is 5.39 Å². The zero-order valence-electron chi connectivity index (χ0n) is 16.2. The molecule has 0 saturated heterocycles. The SMILES string of the molecule is CC(C(=O)NCCCNc1n[nH]c(=O)c2ccccc12)C(C)c1ccccc1. The molecule has 6 nitrogen and oxygen atoms in total. The van der Waals surface area contributed by atoms with Crippen molar-refractivity contribution in [3.05, 3.63) is 70.5 Å². The van der Waals surface area contributed by atoms with E-state index >= 15 is 0 Å². The van der Waals surface area contributed by atoms with E-state index in [1.54, 1.807) is 6.07 Å². The number of aromatic amines is 1. The van der Waals surface area contributed by atoms with Gasteiger partial charge in [-0.2, -0.15) is 5.10 Å². The summed E-state index contributed by atoms with van der Waals surface area (Å²) in [5, 5.41) is 14.2. The first-order valence-corrected chi connectivity index (χ1v) is 9.62. The molecule has 1 aromatic heterocycles. The molecule has 0 saturated carbocycles. The van der Waals surface area contributed by atoms with Crippen molar-refractivity contribution in [2.75, 3.05) is 18.4 Å². The fourth-order valence-electron chi connectivity index (χ4n) is 3.19. The first-order chi connectivity index (χ1) is 13.6. The molecular formula is C22H26N4O2. The van der Waals surface area contributed by atoms with E-state index in [2.05, 4.69) is 39.9 Å². The fourth-order valence-corrected chi connectivity index (χ4v) is 3.19. The minimum atomic E-state index is -0.199. The van der Waals surface area contributed by atoms with Crippen LogP contribution >= 0.6 is 0 Å². The Morgan fingerprint density at radius 2 is 1.68 bits per heavy atom. The van der Waals surface area contributed by atoms with Crippen LogP contribution in [0, 0.1) is 5.92 Å². The van der Waals surface area contributed by atoms with Crippen LogP contribution in [0.15, 0.2) is 59.4 Å². The lowest BCUT2D eigenvalue weighted by molar-refractivity contribution is -0.125. The lowest BCUT2D eigenvalue weighted by Gasteiger charge is -2.20. The summed E-state index contributed by atoms with van der Waals surface area (Å²) in [6.07, 6.45) is 0.757. The average Bonchev–Trinajstić information content (AvgIpc) is 2.74. The molecule has 0 radical (unpaired) electrons. The van der Waals surface area contributed by atoms with Crippen LogP contribution in [0.25, 0.3) is 10.8 Å². The van der Waals surface area contributed by atoms with Crippen molar-refractivity contribution in [1.82, 2.24) is 15.5 Å². The van der Waals surface area contributed by atoms with Crippen molar-refractivity contribution in [3.63, 3.8) is 0 Å². The van der Waals surface area contributed by atoms with Crippen LogP contribution in [0.2, 0.25) is 0 Å². The van der Waals surface area contributed by atoms with Gasteiger partial charge >= 0.3 is 0 Å². The number of anilines is 1. The molecule has 0 aliphatic heterocycles. The molecule has 3 aromatic rings. The van der Waals surface area contributed by atoms with Gasteiger partial charge in [-0.25, -0.2) is 5.10 Å². The van der Waals surface area contributed by atoms with Gasteiger partial charge in [0.1, 0.15) is 0 Å². The molecule has 0 bridgehead atoms. The Morgan fingerprint density at radius 3 is 2.43 bits per heavy atom. The standard InChI is InChI=1S/C22H26N4O2/c1-15(17-9-4-3-5-10-17)16(2)21(27)24-14-8-13-23-20-18-11-6-7-12-19(18)22(28)26-25-20/h3-7,9-12,15-16H,8,13-14H2,1-2H3,(H,23,25)(H,24,27)(H,26,28). The van der Waals surface area contributed by atoms with E-state index in [4.69, 9.17) is 0 Å². The maximum atomic E-state index is 12.4. The largest absolute Gasteiger partial charge is 0.368 e. The van der Waals surface area contributed by atoms with Crippen LogP contribution in [0.5, 0.6) is 0 Å². The van der Waals surface area contributed by atoms with E-state index in [9.17, 15) is 9.59 Å². The molecule has 3 N–H and O–H groups in total. The van der Waals surface area contributed by atoms with Crippen molar-refractivity contribution >= 4 is 22.5 Å². The summed E-state index contributed by atoms with van der Waals surface area (Å²) in [7, 11) is 0. The quantitative estimate of drug-likeness (QED) is 0.525. The molecule has 6 heteroatoms. The van der Waals surface area contributed by atoms with Gasteiger partial charge in [-0.3, -0.25) is 9.59 Å². The lowest BCUT2D eigenvalue weighted by atomic mass is 9.88. The van der Waals surface area contributed by atoms with E-state index < -0.39 is 0 Å². The minimum absolute atomic E-state index is 0.0592. The van der Waals surface area contributed by atoms with Gasteiger partial charge < -0.3 is 10.6 Å². The maximum absolute atomic E-state index is 12.4. The van der Waals surface area contributed by atoms with Gasteiger partial charge in [-0.1, -0.05) is 62.4 Å². The summed E-state index contributed by atoms with van der Waals surface area (Å²) in [6.45, 7) is 5.26. The molecule has 0 aliphatic carbocycles. The second-order valence-corrected chi connectivity index (χ2v) is 7.01. The number of amides is 1. The predicted molar refractivity (Wildman–Crippen MR) is 113 cm³/mol. The van der Waals surface area contributed by atoms with Crippen molar-refractivity contribution < 1.29 is 4.79 Å². The number of benzene rings is 2. The van der Waals surface area contributed by atoms with Gasteiger partial charge in [0, 0.05) is 24.4 Å². The number of aromatic nitrogens is 2. The number of H-pyrrole nitrogens is 1. The molecule has 0 fully saturated rings. The van der Waals surface area contributed by atoms with E-state index in [1.807, 2.05) is 43.3 Å². The van der Waals surface area contributed by atoms with Crippen LogP contribution in [0.3, 0.4) is 0 Å². The smallest absolute Gasteiger partial charge is 0.272 e. The summed E-state index contributed by atoms with van der Waals surface area (Å²) in [4.78, 5) is 24.2. The maximum Gasteiger partial charge on any atom is 0.272 e. The van der Waals surface area contributed by atoms with E-state index in [1.165, 1.54) is 5.56 Å². The van der Waals surface area contributed by atoms with Gasteiger partial charge in [0.25, 0.3) is 5.56 Å². The number of rotatable bonds is 8. The summed E-state index contributed by atoms with van der Waals surface area (Å²) >= 11 is 0. The molecule has 1 heterocycles. The Balaban J connectivity index is 1.47. The number of carbonyl (C=O) groups is 1. The Morgan fingerprint density at radius 1 is 1.00 bits per heavy atom. The first-order valence-electron chi connectivity index (χ1n) is 9.62. The zero-order valence-corrected chi connectivity index (χ0v) is 16.2. The van der Waals surface area contributed by atoms with Crippen LogP contribution in [-0.4, -0.2) is 29.2 Å². The Hall–Kier alpha value is -3.15. The Kier molecular flexibility index (Phi) is 6.42. The van der Waals surface area contributed by atoms with E-state index in [0.717, 1.165) is 11.8 Å². The number of fused-ring (bicyclic) bond motifs is 1. The summed E-state index contributed by atoms with van der Waals surface area (Å²) in [5.41, 5.74) is 0.970. The van der Waals surface area contributed by atoms with E-state index in [0.29, 0.717) is 24.3 Å². The lowest BCUT2D eigenvalue weighted by Crippen LogP contribution is -2.33. The van der Waals surface area contributed by atoms with Gasteiger partial charge in [0.2, 0.25) is 5.91 Å². The van der Waals surface area contributed by atoms with Crippen molar-refractivity contribution in [2.24, 2.45) is 5.92 Å². The Bertz CT molecular complexity index is 984. The third kappa shape index (κ3) is 4.57. The van der Waals surface area contributed by atoms with Crippen LogP contribution < -0.4 is 16.2 Å². The number of nitrogens with one attached hydrogen (secondary N) is 3. The highest BCUT2D eigenvalue weighted by atomic mass is 16.2. The van der Waals surface area contributed by atoms with Gasteiger partial charge in [0.15, 0.2) is 5.82 Å². The van der Waals surface area contributed by atoms with Crippen LogP contribution in [-0.2, 0) is 4.79 Å². The molecule has 0 spiro atoms. The predicted octanol–water partition coefficient (Wildman–Crippen LogP) is 3.28. The molecule has 28 heavy (non-hydrogen) atoms. The third-order valence-corrected chi connectivity index (χ3v) is 5.13. The zero-order chi connectivity index (χ0) is 19.9. The molecular weight excluding hydrogens is 352 g/mol. The van der Waals surface area contributed by atoms with Crippen molar-refractivity contribution in [3.8, 4) is 0 Å². The molecule has 2 unspecified atom stereocenters. The first kappa shape index (κ1) is 19.6. The van der Waals surface area contributed by atoms with Gasteiger partial charge in [-0.05, 0) is 24.0 Å². The van der Waals surface area contributed by atoms with Crippen LogP contribution in [0.1, 0.15) is 31.7 Å². The summed E-state index contributed by atoms with van der Waals surface area (Å²) in [6, 6.07) is 17.4. The number of nitrogens with zero attached hydrogens (tertiary/aromatic N) is 1. The van der Waals surface area contributed by atoms with Crippen LogP contribution in [0.4, 0.5) is 5.82 Å². The molecule has 2 atom stereocenters. The third-order valence-electron chi connectivity index (χ3n) is 5.13. The normalized spacial score (nSPS) is 13.1. The summed E-state index contributed by atoms with van der Waals surface area (Å²) < 4.78 is 0. The van der Waals surface area contributed by atoms with Crippen molar-refractivity contribution in [2.45, 2.75) is 26.2 Å². The fraction of sp³-hybridized carbons (Fsp3) is 0.318. The minimum Gasteiger partial charge on any atom is -0.368 e. The molecule has 0 aliphatic rings. The number of carbonyl (C=O) groups excluding carboxylic acids is 1. The second-order valence-electron chi connectivity index (χ2n) is 7.01. The highest BCUT2D eigenvalue weighted by Crippen LogP contribution is 2.23. The Labute approximate surface area is 164 Å². The van der Waals surface area contributed by atoms with Gasteiger partial charge in [-0.15, -0.1) is 0 Å². The highest BCUT2D eigenvalue weighted by molar-refractivity contribution is 5.90. The van der Waals surface area contributed by atoms with Crippen molar-refractivity contribution in [1.29, 1.82) is 0 Å². The number of hydrogen-bond donors (Lipinski definition) is 3. The molecule has 1 amide bonds. The van der Waals surface area contributed by atoms with E-state index in [-0.39, 0.29) is 23.3 Å².